The number of hydrogen-bond donors (Lipinski definition) is 3. The highest BCUT2D eigenvalue weighted by Gasteiger charge is 2.30. The lowest BCUT2D eigenvalue weighted by molar-refractivity contribution is -0.117. The fourth-order valence-corrected chi connectivity index (χ4v) is 5.24. The van der Waals surface area contributed by atoms with Gasteiger partial charge in [0.05, 0.1) is 10.2 Å². The summed E-state index contributed by atoms with van der Waals surface area (Å²) in [6.45, 7) is 0. The molecule has 0 radical (unpaired) electrons. The van der Waals surface area contributed by atoms with Gasteiger partial charge in [-0.1, -0.05) is 17.4 Å². The fourth-order valence-electron chi connectivity index (χ4n) is 3.43. The Labute approximate surface area is 211 Å². The highest BCUT2D eigenvalue weighted by Crippen LogP contribution is 2.35. The van der Waals surface area contributed by atoms with Gasteiger partial charge >= 0.3 is 6.09 Å². The van der Waals surface area contributed by atoms with E-state index in [0.29, 0.717) is 33.3 Å². The van der Waals surface area contributed by atoms with Gasteiger partial charge in [0.25, 0.3) is 0 Å². The number of carbonyl (C=O) groups excluding carboxylic acids is 1. The highest BCUT2D eigenvalue weighted by molar-refractivity contribution is 7.99. The monoisotopic (exact) mass is 519 g/mol. The number of aromatic nitrogens is 5. The number of anilines is 2. The molecule has 11 nitrogen and oxygen atoms in total. The van der Waals surface area contributed by atoms with Gasteiger partial charge in [-0.05, 0) is 61.0 Å². The van der Waals surface area contributed by atoms with E-state index in [-0.39, 0.29) is 11.8 Å². The second kappa shape index (κ2) is 9.09. The second-order valence-corrected chi connectivity index (χ2v) is 10.1. The largest absolute Gasteiger partial charge is 0.465 e. The van der Waals surface area contributed by atoms with E-state index in [1.54, 1.807) is 40.9 Å². The van der Waals surface area contributed by atoms with Crippen LogP contribution in [0.3, 0.4) is 0 Å². The number of nitrogens with one attached hydrogen (secondary N) is 2. The molecule has 180 valence electrons. The minimum Gasteiger partial charge on any atom is -0.465 e. The van der Waals surface area contributed by atoms with Crippen LogP contribution in [0.15, 0.2) is 64.6 Å². The number of nitrogens with zero attached hydrogens (tertiary/aromatic N) is 5. The number of ether oxygens (including phenoxy) is 1. The van der Waals surface area contributed by atoms with Crippen molar-refractivity contribution in [1.82, 2.24) is 24.8 Å². The van der Waals surface area contributed by atoms with Crippen molar-refractivity contribution < 1.29 is 19.4 Å². The number of fused-ring (bicyclic) bond motifs is 2. The van der Waals surface area contributed by atoms with Gasteiger partial charge < -0.3 is 15.2 Å². The number of carboxylic acid groups (broad SMARTS) is 1. The van der Waals surface area contributed by atoms with Gasteiger partial charge in [0.2, 0.25) is 16.9 Å². The molecule has 0 aliphatic heterocycles. The summed E-state index contributed by atoms with van der Waals surface area (Å²) < 4.78 is 8.36. The Morgan fingerprint density at radius 2 is 1.97 bits per heavy atom. The molecule has 0 atom stereocenters. The van der Waals surface area contributed by atoms with E-state index in [4.69, 9.17) is 9.84 Å². The highest BCUT2D eigenvalue weighted by atomic mass is 32.2. The number of hydrogen-bond acceptors (Lipinski definition) is 9. The van der Waals surface area contributed by atoms with Crippen LogP contribution >= 0.6 is 23.1 Å². The molecule has 2 amide bonds. The molecular formula is C23H17N7O4S2. The first-order valence-electron chi connectivity index (χ1n) is 10.9. The zero-order valence-corrected chi connectivity index (χ0v) is 20.0. The topological polar surface area (TPSA) is 144 Å². The minimum atomic E-state index is -1.16. The summed E-state index contributed by atoms with van der Waals surface area (Å²) in [5.41, 5.74) is 1.75. The Morgan fingerprint density at radius 3 is 2.81 bits per heavy atom. The maximum absolute atomic E-state index is 12.0. The Morgan fingerprint density at radius 1 is 1.08 bits per heavy atom. The van der Waals surface area contributed by atoms with Crippen molar-refractivity contribution >= 4 is 61.8 Å². The molecular weight excluding hydrogens is 502 g/mol. The minimum absolute atomic E-state index is 0.0348. The predicted molar refractivity (Wildman–Crippen MR) is 134 cm³/mol. The van der Waals surface area contributed by atoms with Crippen LogP contribution < -0.4 is 15.4 Å². The molecule has 0 saturated heterocycles. The first-order chi connectivity index (χ1) is 17.5. The lowest BCUT2D eigenvalue weighted by atomic mass is 10.3. The molecule has 3 heterocycles. The van der Waals surface area contributed by atoms with E-state index < -0.39 is 6.09 Å². The van der Waals surface area contributed by atoms with Gasteiger partial charge in [0.1, 0.15) is 5.75 Å². The molecule has 1 aliphatic carbocycles. The predicted octanol–water partition coefficient (Wildman–Crippen LogP) is 5.12. The zero-order chi connectivity index (χ0) is 24.6. The van der Waals surface area contributed by atoms with Crippen LogP contribution in [0.5, 0.6) is 11.6 Å². The summed E-state index contributed by atoms with van der Waals surface area (Å²) in [5.74, 6) is 0.879. The average molecular weight is 520 g/mol. The molecule has 0 bridgehead atoms. The van der Waals surface area contributed by atoms with E-state index >= 15 is 0 Å². The standard InChI is InChI=1S/C23H17N7O4S2/c31-20(12-4-5-12)26-21-25-16-7-6-15(11-17(16)36-21)35-22-28-27-18-8-9-19(29-30(18)22)34-14-3-1-2-13(10-14)24-23(32)33/h1-3,6-12,24H,4-5H2,(H,32,33)(H,25,26,31). The molecule has 1 aliphatic rings. The van der Waals surface area contributed by atoms with Crippen LogP contribution in [0.25, 0.3) is 15.9 Å². The van der Waals surface area contributed by atoms with Crippen molar-refractivity contribution in [3.05, 3.63) is 54.6 Å². The lowest BCUT2D eigenvalue weighted by Gasteiger charge is -2.07. The summed E-state index contributed by atoms with van der Waals surface area (Å²) >= 11 is 2.82. The third kappa shape index (κ3) is 4.78. The maximum Gasteiger partial charge on any atom is 0.409 e. The quantitative estimate of drug-likeness (QED) is 0.267. The molecule has 0 spiro atoms. The Balaban J connectivity index is 1.22. The van der Waals surface area contributed by atoms with Gasteiger partial charge in [-0.3, -0.25) is 10.1 Å². The molecule has 0 unspecified atom stereocenters. The second-order valence-electron chi connectivity index (χ2n) is 8.00. The van der Waals surface area contributed by atoms with Crippen molar-refractivity contribution in [2.75, 3.05) is 10.6 Å². The van der Waals surface area contributed by atoms with Crippen LogP contribution in [0.2, 0.25) is 0 Å². The third-order valence-corrected chi connectivity index (χ3v) is 7.13. The number of thiazole rings is 1. The van der Waals surface area contributed by atoms with E-state index in [1.165, 1.54) is 23.1 Å². The first-order valence-corrected chi connectivity index (χ1v) is 12.5. The average Bonchev–Trinajstić information content (AvgIpc) is 3.52. The van der Waals surface area contributed by atoms with E-state index in [0.717, 1.165) is 28.0 Å². The zero-order valence-electron chi connectivity index (χ0n) is 18.4. The summed E-state index contributed by atoms with van der Waals surface area (Å²) in [7, 11) is 0. The van der Waals surface area contributed by atoms with Crippen molar-refractivity contribution in [2.24, 2.45) is 5.92 Å². The number of benzene rings is 2. The number of rotatable bonds is 7. The van der Waals surface area contributed by atoms with Crippen molar-refractivity contribution in [2.45, 2.75) is 22.9 Å². The molecule has 13 heteroatoms. The molecule has 6 rings (SSSR count). The molecule has 1 saturated carbocycles. The Hall–Kier alpha value is -4.23. The van der Waals surface area contributed by atoms with Gasteiger partial charge in [-0.25, -0.2) is 9.78 Å². The van der Waals surface area contributed by atoms with Crippen LogP contribution in [0.4, 0.5) is 15.6 Å². The molecule has 3 aromatic heterocycles. The summed E-state index contributed by atoms with van der Waals surface area (Å²) in [4.78, 5) is 28.3. The van der Waals surface area contributed by atoms with Crippen molar-refractivity contribution in [3.63, 3.8) is 0 Å². The molecule has 5 aromatic rings. The van der Waals surface area contributed by atoms with Crippen LogP contribution in [0, 0.1) is 5.92 Å². The Bertz CT molecular complexity index is 1630. The summed E-state index contributed by atoms with van der Waals surface area (Å²) in [6, 6.07) is 15.8. The number of carbonyl (C=O) groups is 2. The summed E-state index contributed by atoms with van der Waals surface area (Å²) in [6.07, 6.45) is 0.728. The Kier molecular flexibility index (Phi) is 5.62. The van der Waals surface area contributed by atoms with Crippen LogP contribution in [-0.4, -0.2) is 41.9 Å². The van der Waals surface area contributed by atoms with Crippen molar-refractivity contribution in [1.29, 1.82) is 0 Å². The van der Waals surface area contributed by atoms with E-state index in [9.17, 15) is 9.59 Å². The van der Waals surface area contributed by atoms with Crippen LogP contribution in [0.1, 0.15) is 12.8 Å². The number of amides is 2. The SMILES string of the molecule is O=C(O)Nc1cccc(Oc2ccc3nnc(Sc4ccc5nc(NC(=O)C6CC6)sc5c4)n3n2)c1. The third-order valence-electron chi connectivity index (χ3n) is 5.26. The lowest BCUT2D eigenvalue weighted by Crippen LogP contribution is -2.12. The molecule has 2 aromatic carbocycles. The van der Waals surface area contributed by atoms with Crippen LogP contribution in [-0.2, 0) is 4.79 Å². The van der Waals surface area contributed by atoms with Gasteiger partial charge in [0.15, 0.2) is 10.8 Å². The van der Waals surface area contributed by atoms with Gasteiger partial charge in [0, 0.05) is 28.6 Å². The summed E-state index contributed by atoms with van der Waals surface area (Å²) in [5, 5.41) is 28.2. The van der Waals surface area contributed by atoms with Gasteiger partial charge in [-0.2, -0.15) is 4.52 Å². The normalized spacial score (nSPS) is 13.1. The van der Waals surface area contributed by atoms with E-state index in [2.05, 4.69) is 30.9 Å². The maximum atomic E-state index is 12.0. The molecule has 36 heavy (non-hydrogen) atoms. The van der Waals surface area contributed by atoms with Gasteiger partial charge in [-0.15, -0.1) is 15.3 Å². The molecule has 1 fully saturated rings. The fraction of sp³-hybridized carbons (Fsp3) is 0.130. The molecule has 3 N–H and O–H groups in total. The first kappa shape index (κ1) is 22.2. The smallest absolute Gasteiger partial charge is 0.409 e. The van der Waals surface area contributed by atoms with Crippen molar-refractivity contribution in [3.8, 4) is 11.6 Å². The van der Waals surface area contributed by atoms with E-state index in [1.807, 2.05) is 18.2 Å².